The van der Waals surface area contributed by atoms with E-state index < -0.39 is 0 Å². The number of ether oxygens (including phenoxy) is 1. The van der Waals surface area contributed by atoms with Crippen molar-refractivity contribution in [2.75, 3.05) is 19.7 Å². The molecular weight excluding hydrogens is 258 g/mol. The molecule has 0 saturated carbocycles. The first-order valence-corrected chi connectivity index (χ1v) is 7.04. The molecule has 1 N–H and O–H groups in total. The molecule has 2 atom stereocenters. The summed E-state index contributed by atoms with van der Waals surface area (Å²) in [5.41, 5.74) is -0.231. The van der Waals surface area contributed by atoms with E-state index in [0.29, 0.717) is 26.2 Å². The van der Waals surface area contributed by atoms with Crippen molar-refractivity contribution in [3.8, 4) is 0 Å². The zero-order valence-electron chi connectivity index (χ0n) is 12.4. The van der Waals surface area contributed by atoms with Crippen molar-refractivity contribution in [2.24, 2.45) is 0 Å². The van der Waals surface area contributed by atoms with Gasteiger partial charge in [0.15, 0.2) is 0 Å². The molecule has 1 aliphatic rings. The molecule has 1 saturated heterocycles. The van der Waals surface area contributed by atoms with Gasteiger partial charge < -0.3 is 15.0 Å². The summed E-state index contributed by atoms with van der Waals surface area (Å²) in [7, 11) is 0. The van der Waals surface area contributed by atoms with Crippen LogP contribution < -0.4 is 5.32 Å². The molecule has 2 amide bonds. The summed E-state index contributed by atoms with van der Waals surface area (Å²) in [6.45, 7) is 8.55. The van der Waals surface area contributed by atoms with Crippen molar-refractivity contribution < 1.29 is 9.53 Å². The summed E-state index contributed by atoms with van der Waals surface area (Å²) in [6.07, 6.45) is 4.03. The highest BCUT2D eigenvalue weighted by atomic mass is 16.5. The van der Waals surface area contributed by atoms with Crippen molar-refractivity contribution in [1.82, 2.24) is 25.0 Å². The summed E-state index contributed by atoms with van der Waals surface area (Å²) in [5, 5.41) is 7.03. The first kappa shape index (κ1) is 14.8. The van der Waals surface area contributed by atoms with Gasteiger partial charge in [-0.3, -0.25) is 4.68 Å². The zero-order chi connectivity index (χ0) is 14.6. The van der Waals surface area contributed by atoms with Crippen LogP contribution in [0.3, 0.4) is 0 Å². The van der Waals surface area contributed by atoms with E-state index >= 15 is 0 Å². The van der Waals surface area contributed by atoms with E-state index in [0.717, 1.165) is 6.42 Å². The Morgan fingerprint density at radius 3 is 3.05 bits per heavy atom. The van der Waals surface area contributed by atoms with Crippen molar-refractivity contribution in [3.63, 3.8) is 0 Å². The molecular formula is C13H23N5O2. The molecule has 1 fully saturated rings. The SMILES string of the molecule is CCC1(C)CN(C(=O)NC(C)Cn2cncn2)CCO1. The molecule has 1 aromatic heterocycles. The quantitative estimate of drug-likeness (QED) is 0.889. The molecule has 2 rings (SSSR count). The van der Waals surface area contributed by atoms with Gasteiger partial charge in [-0.25, -0.2) is 9.78 Å². The van der Waals surface area contributed by atoms with E-state index in [9.17, 15) is 4.79 Å². The number of nitrogens with zero attached hydrogens (tertiary/aromatic N) is 4. The lowest BCUT2D eigenvalue weighted by Gasteiger charge is -2.40. The maximum Gasteiger partial charge on any atom is 0.317 e. The Balaban J connectivity index is 1.84. The van der Waals surface area contributed by atoms with Crippen LogP contribution >= 0.6 is 0 Å². The van der Waals surface area contributed by atoms with E-state index in [2.05, 4.69) is 22.3 Å². The third kappa shape index (κ3) is 3.69. The molecule has 0 aromatic carbocycles. The van der Waals surface area contributed by atoms with Gasteiger partial charge in [0.25, 0.3) is 0 Å². The van der Waals surface area contributed by atoms with E-state index in [1.54, 1.807) is 11.0 Å². The number of carbonyl (C=O) groups excluding carboxylic acids is 1. The third-order valence-electron chi connectivity index (χ3n) is 3.67. The maximum absolute atomic E-state index is 12.3. The zero-order valence-corrected chi connectivity index (χ0v) is 12.4. The Morgan fingerprint density at radius 1 is 1.60 bits per heavy atom. The smallest absolute Gasteiger partial charge is 0.317 e. The predicted octanol–water partition coefficient (Wildman–Crippen LogP) is 0.877. The van der Waals surface area contributed by atoms with E-state index in [1.807, 2.05) is 18.7 Å². The number of hydrogen-bond donors (Lipinski definition) is 1. The molecule has 112 valence electrons. The second-order valence-electron chi connectivity index (χ2n) is 5.54. The molecule has 2 heterocycles. The first-order chi connectivity index (χ1) is 9.52. The maximum atomic E-state index is 12.3. The van der Waals surface area contributed by atoms with E-state index in [1.165, 1.54) is 6.33 Å². The molecule has 7 heteroatoms. The number of aromatic nitrogens is 3. The van der Waals surface area contributed by atoms with E-state index in [4.69, 9.17) is 4.74 Å². The Kier molecular flexibility index (Phi) is 4.59. The predicted molar refractivity (Wildman–Crippen MR) is 74.2 cm³/mol. The minimum Gasteiger partial charge on any atom is -0.372 e. The van der Waals surface area contributed by atoms with Gasteiger partial charge >= 0.3 is 6.03 Å². The van der Waals surface area contributed by atoms with Gasteiger partial charge in [-0.2, -0.15) is 5.10 Å². The van der Waals surface area contributed by atoms with Crippen molar-refractivity contribution in [1.29, 1.82) is 0 Å². The van der Waals surface area contributed by atoms with Gasteiger partial charge in [0.2, 0.25) is 0 Å². The minimum atomic E-state index is -0.231. The number of hydrogen-bond acceptors (Lipinski definition) is 4. The fraction of sp³-hybridized carbons (Fsp3) is 0.769. The standard InChI is InChI=1S/C13H23N5O2/c1-4-13(3)8-17(5-6-20-13)12(19)16-11(2)7-18-10-14-9-15-18/h9-11H,4-8H2,1-3H3,(H,16,19). The van der Waals surface area contributed by atoms with Gasteiger partial charge in [0.05, 0.1) is 25.3 Å². The van der Waals surface area contributed by atoms with Gasteiger partial charge in [-0.1, -0.05) is 6.92 Å². The van der Waals surface area contributed by atoms with Crippen LogP contribution in [-0.4, -0.2) is 57.0 Å². The second kappa shape index (κ2) is 6.21. The Labute approximate surface area is 119 Å². The molecule has 0 aliphatic carbocycles. The number of rotatable bonds is 4. The molecule has 1 aliphatic heterocycles. The molecule has 0 bridgehead atoms. The van der Waals surface area contributed by atoms with E-state index in [-0.39, 0.29) is 17.7 Å². The Bertz CT molecular complexity index is 436. The lowest BCUT2D eigenvalue weighted by atomic mass is 10.0. The molecule has 0 spiro atoms. The summed E-state index contributed by atoms with van der Waals surface area (Å²) < 4.78 is 7.45. The largest absolute Gasteiger partial charge is 0.372 e. The lowest BCUT2D eigenvalue weighted by Crippen LogP contribution is -2.55. The first-order valence-electron chi connectivity index (χ1n) is 7.04. The van der Waals surface area contributed by atoms with Crippen LogP contribution in [0.1, 0.15) is 27.2 Å². The van der Waals surface area contributed by atoms with Gasteiger partial charge in [-0.05, 0) is 20.3 Å². The Morgan fingerprint density at radius 2 is 2.40 bits per heavy atom. The van der Waals surface area contributed by atoms with Crippen LogP contribution in [0.25, 0.3) is 0 Å². The second-order valence-corrected chi connectivity index (χ2v) is 5.54. The molecule has 1 aromatic rings. The number of nitrogens with one attached hydrogen (secondary N) is 1. The van der Waals surface area contributed by atoms with Crippen LogP contribution in [0.2, 0.25) is 0 Å². The fourth-order valence-electron chi connectivity index (χ4n) is 2.27. The fourth-order valence-corrected chi connectivity index (χ4v) is 2.27. The highest BCUT2D eigenvalue weighted by Gasteiger charge is 2.32. The molecule has 0 radical (unpaired) electrons. The van der Waals surface area contributed by atoms with Crippen molar-refractivity contribution in [2.45, 2.75) is 45.4 Å². The van der Waals surface area contributed by atoms with Crippen LogP contribution in [-0.2, 0) is 11.3 Å². The third-order valence-corrected chi connectivity index (χ3v) is 3.67. The summed E-state index contributed by atoms with van der Waals surface area (Å²) in [6, 6.07) is -0.0412. The summed E-state index contributed by atoms with van der Waals surface area (Å²) >= 11 is 0. The number of urea groups is 1. The highest BCUT2D eigenvalue weighted by molar-refractivity contribution is 5.74. The molecule has 20 heavy (non-hydrogen) atoms. The van der Waals surface area contributed by atoms with Crippen LogP contribution in [0.15, 0.2) is 12.7 Å². The van der Waals surface area contributed by atoms with Gasteiger partial charge in [0.1, 0.15) is 12.7 Å². The number of morpholine rings is 1. The monoisotopic (exact) mass is 281 g/mol. The minimum absolute atomic E-state index is 0.0000671. The summed E-state index contributed by atoms with van der Waals surface area (Å²) in [5.74, 6) is 0. The highest BCUT2D eigenvalue weighted by Crippen LogP contribution is 2.20. The average Bonchev–Trinajstić information content (AvgIpc) is 2.91. The van der Waals surface area contributed by atoms with Crippen LogP contribution in [0.4, 0.5) is 4.79 Å². The average molecular weight is 281 g/mol. The molecule has 7 nitrogen and oxygen atoms in total. The van der Waals surface area contributed by atoms with Crippen LogP contribution in [0, 0.1) is 0 Å². The van der Waals surface area contributed by atoms with Crippen molar-refractivity contribution >= 4 is 6.03 Å². The number of amides is 2. The van der Waals surface area contributed by atoms with Gasteiger partial charge in [-0.15, -0.1) is 0 Å². The normalized spacial score (nSPS) is 24.4. The van der Waals surface area contributed by atoms with Crippen molar-refractivity contribution in [3.05, 3.63) is 12.7 Å². The van der Waals surface area contributed by atoms with Crippen LogP contribution in [0.5, 0.6) is 0 Å². The Hall–Kier alpha value is -1.63. The number of carbonyl (C=O) groups is 1. The molecule has 2 unspecified atom stereocenters. The lowest BCUT2D eigenvalue weighted by molar-refractivity contribution is -0.0874. The summed E-state index contributed by atoms with van der Waals surface area (Å²) in [4.78, 5) is 18.0. The topological polar surface area (TPSA) is 72.3 Å². The van der Waals surface area contributed by atoms with Gasteiger partial charge in [0, 0.05) is 12.6 Å².